The fourth-order valence-electron chi connectivity index (χ4n) is 4.23. The number of carbonyl (C=O) groups excluding carboxylic acids is 2. The van der Waals surface area contributed by atoms with Crippen molar-refractivity contribution in [3.63, 3.8) is 0 Å². The maximum Gasteiger partial charge on any atom is 0.261 e. The number of nitrogens with one attached hydrogen (secondary N) is 2. The van der Waals surface area contributed by atoms with Crippen LogP contribution in [0.3, 0.4) is 0 Å². The molecule has 4 unspecified atom stereocenters. The predicted octanol–water partition coefficient (Wildman–Crippen LogP) is 4.70. The fourth-order valence-corrected chi connectivity index (χ4v) is 4.23. The lowest BCUT2D eigenvalue weighted by atomic mass is 9.90. The number of ether oxygens (including phenoxy) is 2. The van der Waals surface area contributed by atoms with Crippen molar-refractivity contribution in [2.45, 2.75) is 91.5 Å². The number of hydrogen-bond acceptors (Lipinski definition) is 4. The first-order chi connectivity index (χ1) is 16.1. The van der Waals surface area contributed by atoms with E-state index in [2.05, 4.69) is 10.6 Å². The molecule has 0 aromatic heterocycles. The first-order valence-electron chi connectivity index (χ1n) is 12.2. The normalized spacial score (nSPS) is 19.6. The van der Waals surface area contributed by atoms with Crippen LogP contribution in [-0.2, 0) is 9.59 Å². The van der Waals surface area contributed by atoms with Crippen LogP contribution in [0, 0.1) is 27.7 Å². The van der Waals surface area contributed by atoms with E-state index in [0.29, 0.717) is 11.5 Å². The van der Waals surface area contributed by atoms with Gasteiger partial charge in [-0.05, 0) is 88.8 Å². The number of amides is 2. The van der Waals surface area contributed by atoms with E-state index in [1.54, 1.807) is 13.8 Å². The van der Waals surface area contributed by atoms with Crippen LogP contribution < -0.4 is 20.1 Å². The molecule has 0 heterocycles. The lowest BCUT2D eigenvalue weighted by molar-refractivity contribution is -0.131. The number of benzene rings is 2. The van der Waals surface area contributed by atoms with Gasteiger partial charge in [0.15, 0.2) is 12.2 Å². The van der Waals surface area contributed by atoms with Gasteiger partial charge in [-0.15, -0.1) is 0 Å². The van der Waals surface area contributed by atoms with Gasteiger partial charge in [0.2, 0.25) is 0 Å². The predicted molar refractivity (Wildman–Crippen MR) is 134 cm³/mol. The molecule has 0 radical (unpaired) electrons. The summed E-state index contributed by atoms with van der Waals surface area (Å²) in [7, 11) is 0. The molecular formula is C28H38N2O4. The van der Waals surface area contributed by atoms with E-state index in [9.17, 15) is 9.59 Å². The van der Waals surface area contributed by atoms with Gasteiger partial charge >= 0.3 is 0 Å². The van der Waals surface area contributed by atoms with E-state index in [1.165, 1.54) is 0 Å². The van der Waals surface area contributed by atoms with E-state index >= 15 is 0 Å². The van der Waals surface area contributed by atoms with Crippen LogP contribution in [-0.4, -0.2) is 36.1 Å². The average Bonchev–Trinajstić information content (AvgIpc) is 2.79. The summed E-state index contributed by atoms with van der Waals surface area (Å²) in [6.45, 7) is 11.4. The van der Waals surface area contributed by atoms with Crippen LogP contribution in [0.5, 0.6) is 11.5 Å². The standard InChI is InChI=1S/C28H38N2O4/c1-17-11-13-19(3)25(15-17)33-21(5)27(31)29-23-9-7-8-10-24(23)30-28(32)22(6)34-26-16-18(2)12-14-20(26)4/h11-16,21-24H,7-10H2,1-6H3,(H,29,31)(H,30,32). The number of hydrogen-bond donors (Lipinski definition) is 2. The third kappa shape index (κ3) is 6.75. The second-order valence-corrected chi connectivity index (χ2v) is 9.57. The fraction of sp³-hybridized carbons (Fsp3) is 0.500. The van der Waals surface area contributed by atoms with Crippen molar-refractivity contribution in [3.05, 3.63) is 58.7 Å². The highest BCUT2D eigenvalue weighted by atomic mass is 16.5. The Morgan fingerprint density at radius 3 is 1.50 bits per heavy atom. The number of carbonyl (C=O) groups is 2. The van der Waals surface area contributed by atoms with Crippen LogP contribution >= 0.6 is 0 Å². The van der Waals surface area contributed by atoms with Crippen molar-refractivity contribution >= 4 is 11.8 Å². The Labute approximate surface area is 203 Å². The minimum atomic E-state index is -0.634. The number of aryl methyl sites for hydroxylation is 4. The lowest BCUT2D eigenvalue weighted by Crippen LogP contribution is -2.56. The summed E-state index contributed by atoms with van der Waals surface area (Å²) < 4.78 is 11.9. The molecule has 1 aliphatic rings. The summed E-state index contributed by atoms with van der Waals surface area (Å²) in [5.41, 5.74) is 4.15. The molecule has 184 valence electrons. The quantitative estimate of drug-likeness (QED) is 0.591. The van der Waals surface area contributed by atoms with Gasteiger partial charge in [0.1, 0.15) is 11.5 Å². The Morgan fingerprint density at radius 1 is 0.735 bits per heavy atom. The first kappa shape index (κ1) is 25.6. The minimum Gasteiger partial charge on any atom is -0.481 e. The molecule has 4 atom stereocenters. The van der Waals surface area contributed by atoms with Crippen molar-refractivity contribution in [1.29, 1.82) is 0 Å². The summed E-state index contributed by atoms with van der Waals surface area (Å²) in [4.78, 5) is 25.8. The summed E-state index contributed by atoms with van der Waals surface area (Å²) in [6, 6.07) is 11.6. The number of rotatable bonds is 8. The molecule has 1 aliphatic carbocycles. The monoisotopic (exact) mass is 466 g/mol. The molecule has 2 aromatic carbocycles. The highest BCUT2D eigenvalue weighted by Gasteiger charge is 2.31. The molecule has 3 rings (SSSR count). The second-order valence-electron chi connectivity index (χ2n) is 9.57. The first-order valence-corrected chi connectivity index (χ1v) is 12.2. The summed E-state index contributed by atoms with van der Waals surface area (Å²) >= 11 is 0. The molecule has 2 aromatic rings. The van der Waals surface area contributed by atoms with Gasteiger partial charge in [-0.3, -0.25) is 9.59 Å². The van der Waals surface area contributed by atoms with E-state index < -0.39 is 12.2 Å². The zero-order valence-electron chi connectivity index (χ0n) is 21.2. The molecule has 6 nitrogen and oxygen atoms in total. The highest BCUT2D eigenvalue weighted by molar-refractivity contribution is 5.82. The van der Waals surface area contributed by atoms with Crippen LogP contribution in [0.1, 0.15) is 61.8 Å². The van der Waals surface area contributed by atoms with Gasteiger partial charge in [0.05, 0.1) is 0 Å². The summed E-state index contributed by atoms with van der Waals surface area (Å²) in [6.07, 6.45) is 2.39. The van der Waals surface area contributed by atoms with Crippen molar-refractivity contribution in [3.8, 4) is 11.5 Å². The SMILES string of the molecule is Cc1ccc(C)c(OC(C)C(=O)NC2CCCCC2NC(=O)C(C)Oc2cc(C)ccc2C)c1. The van der Waals surface area contributed by atoms with E-state index in [0.717, 1.165) is 47.9 Å². The van der Waals surface area contributed by atoms with Crippen LogP contribution in [0.2, 0.25) is 0 Å². The molecule has 0 spiro atoms. The summed E-state index contributed by atoms with van der Waals surface area (Å²) in [5.74, 6) is 1.08. The Bertz CT molecular complexity index is 938. The molecular weight excluding hydrogens is 428 g/mol. The molecule has 1 saturated carbocycles. The summed E-state index contributed by atoms with van der Waals surface area (Å²) in [5, 5.41) is 6.23. The lowest BCUT2D eigenvalue weighted by Gasteiger charge is -2.34. The van der Waals surface area contributed by atoms with Crippen molar-refractivity contribution in [2.24, 2.45) is 0 Å². The van der Waals surface area contributed by atoms with Crippen molar-refractivity contribution < 1.29 is 19.1 Å². The molecule has 6 heteroatoms. The van der Waals surface area contributed by atoms with Gasteiger partial charge in [-0.2, -0.15) is 0 Å². The Balaban J connectivity index is 1.58. The van der Waals surface area contributed by atoms with Gasteiger partial charge in [-0.25, -0.2) is 0 Å². The zero-order valence-corrected chi connectivity index (χ0v) is 21.2. The molecule has 2 amide bonds. The molecule has 0 aliphatic heterocycles. The minimum absolute atomic E-state index is 0.136. The Kier molecular flexibility index (Phi) is 8.59. The molecule has 34 heavy (non-hydrogen) atoms. The zero-order chi connectivity index (χ0) is 24.8. The van der Waals surface area contributed by atoms with Crippen molar-refractivity contribution in [2.75, 3.05) is 0 Å². The third-order valence-electron chi connectivity index (χ3n) is 6.45. The largest absolute Gasteiger partial charge is 0.481 e. The van der Waals surface area contributed by atoms with Crippen molar-refractivity contribution in [1.82, 2.24) is 10.6 Å². The van der Waals surface area contributed by atoms with Gasteiger partial charge in [-0.1, -0.05) is 37.1 Å². The van der Waals surface area contributed by atoms with E-state index in [4.69, 9.17) is 9.47 Å². The molecule has 0 saturated heterocycles. The highest BCUT2D eigenvalue weighted by Crippen LogP contribution is 2.23. The maximum atomic E-state index is 12.9. The van der Waals surface area contributed by atoms with E-state index in [-0.39, 0.29) is 23.9 Å². The van der Waals surface area contributed by atoms with E-state index in [1.807, 2.05) is 64.1 Å². The smallest absolute Gasteiger partial charge is 0.261 e. The van der Waals surface area contributed by atoms with Gasteiger partial charge in [0, 0.05) is 12.1 Å². The molecule has 0 bridgehead atoms. The Hall–Kier alpha value is -3.02. The molecule has 2 N–H and O–H groups in total. The average molecular weight is 467 g/mol. The van der Waals surface area contributed by atoms with Crippen LogP contribution in [0.25, 0.3) is 0 Å². The topological polar surface area (TPSA) is 76.7 Å². The third-order valence-corrected chi connectivity index (χ3v) is 6.45. The van der Waals surface area contributed by atoms with Crippen LogP contribution in [0.15, 0.2) is 36.4 Å². The van der Waals surface area contributed by atoms with Crippen LogP contribution in [0.4, 0.5) is 0 Å². The van der Waals surface area contributed by atoms with Gasteiger partial charge < -0.3 is 20.1 Å². The molecule has 1 fully saturated rings. The second kappa shape index (κ2) is 11.4. The maximum absolute atomic E-state index is 12.9. The Morgan fingerprint density at radius 2 is 1.12 bits per heavy atom. The van der Waals surface area contributed by atoms with Gasteiger partial charge in [0.25, 0.3) is 11.8 Å².